The Labute approximate surface area is 187 Å². The zero-order chi connectivity index (χ0) is 23.2. The zero-order valence-electron chi connectivity index (χ0n) is 20.4. The van der Waals surface area contributed by atoms with Crippen LogP contribution in [-0.4, -0.2) is 50.8 Å². The van der Waals surface area contributed by atoms with Gasteiger partial charge in [-0.25, -0.2) is 0 Å². The molecule has 0 bridgehead atoms. The molecule has 1 fully saturated rings. The van der Waals surface area contributed by atoms with Gasteiger partial charge in [-0.2, -0.15) is 0 Å². The van der Waals surface area contributed by atoms with Gasteiger partial charge < -0.3 is 9.16 Å². The normalized spacial score (nSPS) is 28.8. The summed E-state index contributed by atoms with van der Waals surface area (Å²) in [5, 5.41) is 0. The number of nitrogens with zero attached hydrogens (tertiary/aromatic N) is 1. The standard InChI is InChI=1S/C24H39NO5Si/c1-9-29-24(28)21-19-16(12-17-20(21)23(27)25(8)22(17)26)10-11-18(19)30-31(13(2)3,14(4)5)15(6)7/h13-15,17-18,20-21H,9-12H2,1-8H3/t17-,18-,20-,21+/m1/s1. The Morgan fingerprint density at radius 3 is 2.16 bits per heavy atom. The highest BCUT2D eigenvalue weighted by molar-refractivity contribution is 6.77. The van der Waals surface area contributed by atoms with E-state index in [1.165, 1.54) is 11.9 Å². The van der Waals surface area contributed by atoms with Gasteiger partial charge in [0.2, 0.25) is 20.1 Å². The Balaban J connectivity index is 2.06. The molecular formula is C24H39NO5Si. The lowest BCUT2D eigenvalue weighted by molar-refractivity contribution is -0.152. The molecule has 2 amide bonds. The average molecular weight is 450 g/mol. The predicted molar refractivity (Wildman–Crippen MR) is 122 cm³/mol. The summed E-state index contributed by atoms with van der Waals surface area (Å²) < 4.78 is 12.6. The first-order valence-electron chi connectivity index (χ1n) is 11.9. The molecule has 1 heterocycles. The summed E-state index contributed by atoms with van der Waals surface area (Å²) in [5.74, 6) is -2.64. The van der Waals surface area contributed by atoms with Gasteiger partial charge in [0.05, 0.1) is 30.5 Å². The summed E-state index contributed by atoms with van der Waals surface area (Å²) in [5.41, 5.74) is 3.37. The van der Waals surface area contributed by atoms with E-state index in [4.69, 9.17) is 9.16 Å². The van der Waals surface area contributed by atoms with Crippen molar-refractivity contribution in [1.29, 1.82) is 0 Å². The van der Waals surface area contributed by atoms with Gasteiger partial charge in [0.25, 0.3) is 0 Å². The molecule has 31 heavy (non-hydrogen) atoms. The minimum absolute atomic E-state index is 0.168. The first kappa shape index (κ1) is 24.2. The predicted octanol–water partition coefficient (Wildman–Crippen LogP) is 4.45. The molecule has 1 aliphatic heterocycles. The van der Waals surface area contributed by atoms with Crippen molar-refractivity contribution in [2.75, 3.05) is 13.7 Å². The fourth-order valence-corrected chi connectivity index (χ4v) is 12.3. The molecule has 0 saturated carbocycles. The SMILES string of the molecule is CCOC(=O)[C@H]1C2=C(CC[C@H]2O[Si](C(C)C)(C(C)C)C(C)C)C[C@H]2C(=O)N(C)C(=O)[C@@H]12. The second kappa shape index (κ2) is 8.81. The number of hydrogen-bond donors (Lipinski definition) is 0. The molecule has 174 valence electrons. The van der Waals surface area contributed by atoms with Crippen molar-refractivity contribution in [3.8, 4) is 0 Å². The van der Waals surface area contributed by atoms with E-state index >= 15 is 0 Å². The van der Waals surface area contributed by atoms with Crippen molar-refractivity contribution in [3.63, 3.8) is 0 Å². The van der Waals surface area contributed by atoms with Crippen LogP contribution in [0, 0.1) is 17.8 Å². The average Bonchev–Trinajstić information content (AvgIpc) is 3.18. The molecule has 3 aliphatic rings. The lowest BCUT2D eigenvalue weighted by Crippen LogP contribution is -2.51. The third-order valence-corrected chi connectivity index (χ3v) is 14.0. The molecule has 0 N–H and O–H groups in total. The summed E-state index contributed by atoms with van der Waals surface area (Å²) in [7, 11) is -0.652. The molecule has 4 atom stereocenters. The quantitative estimate of drug-likeness (QED) is 0.248. The number of hydrogen-bond acceptors (Lipinski definition) is 5. The molecular weight excluding hydrogens is 410 g/mol. The van der Waals surface area contributed by atoms with Crippen molar-refractivity contribution in [3.05, 3.63) is 11.1 Å². The van der Waals surface area contributed by atoms with Crippen LogP contribution in [0.25, 0.3) is 0 Å². The van der Waals surface area contributed by atoms with E-state index in [0.717, 1.165) is 24.0 Å². The summed E-state index contributed by atoms with van der Waals surface area (Å²) >= 11 is 0. The number of carbonyl (C=O) groups excluding carboxylic acids is 3. The zero-order valence-corrected chi connectivity index (χ0v) is 21.4. The summed E-state index contributed by atoms with van der Waals surface area (Å²) in [4.78, 5) is 40.1. The number of amides is 2. The van der Waals surface area contributed by atoms with Crippen LogP contribution in [0.3, 0.4) is 0 Å². The van der Waals surface area contributed by atoms with E-state index in [1.807, 2.05) is 0 Å². The van der Waals surface area contributed by atoms with Crippen LogP contribution in [0.4, 0.5) is 0 Å². The largest absolute Gasteiger partial charge is 0.466 e. The maximum Gasteiger partial charge on any atom is 0.314 e. The summed E-state index contributed by atoms with van der Waals surface area (Å²) in [6.45, 7) is 15.6. The molecule has 0 spiro atoms. The molecule has 1 saturated heterocycles. The van der Waals surface area contributed by atoms with E-state index in [-0.39, 0.29) is 30.5 Å². The van der Waals surface area contributed by atoms with Crippen molar-refractivity contribution in [2.24, 2.45) is 17.8 Å². The molecule has 2 aliphatic carbocycles. The van der Waals surface area contributed by atoms with Gasteiger partial charge in [-0.05, 0) is 48.4 Å². The first-order valence-corrected chi connectivity index (χ1v) is 14.0. The Bertz CT molecular complexity index is 765. The molecule has 7 heteroatoms. The van der Waals surface area contributed by atoms with Gasteiger partial charge >= 0.3 is 5.97 Å². The molecule has 0 radical (unpaired) electrons. The Morgan fingerprint density at radius 1 is 1.06 bits per heavy atom. The van der Waals surface area contributed by atoms with E-state index in [0.29, 0.717) is 23.0 Å². The van der Waals surface area contributed by atoms with Gasteiger partial charge in [0.1, 0.15) is 0 Å². The highest BCUT2D eigenvalue weighted by Gasteiger charge is 2.59. The maximum absolute atomic E-state index is 13.2. The van der Waals surface area contributed by atoms with E-state index in [2.05, 4.69) is 41.5 Å². The van der Waals surface area contributed by atoms with Gasteiger partial charge in [0.15, 0.2) is 0 Å². The van der Waals surface area contributed by atoms with Gasteiger partial charge in [-0.15, -0.1) is 0 Å². The van der Waals surface area contributed by atoms with E-state index in [1.54, 1.807) is 6.92 Å². The second-order valence-corrected chi connectivity index (χ2v) is 15.7. The van der Waals surface area contributed by atoms with Gasteiger partial charge in [0, 0.05) is 7.05 Å². The number of fused-ring (bicyclic) bond motifs is 1. The van der Waals surface area contributed by atoms with Crippen molar-refractivity contribution in [1.82, 2.24) is 4.90 Å². The third kappa shape index (κ3) is 3.71. The number of rotatable bonds is 7. The number of carbonyl (C=O) groups is 3. The van der Waals surface area contributed by atoms with Crippen LogP contribution in [-0.2, 0) is 23.5 Å². The smallest absolute Gasteiger partial charge is 0.314 e. The monoisotopic (exact) mass is 449 g/mol. The van der Waals surface area contributed by atoms with Crippen LogP contribution in [0.1, 0.15) is 67.7 Å². The minimum atomic E-state index is -2.18. The Kier molecular flexibility index (Phi) is 6.87. The van der Waals surface area contributed by atoms with Gasteiger partial charge in [-0.1, -0.05) is 47.1 Å². The lowest BCUT2D eigenvalue weighted by atomic mass is 9.70. The number of esters is 1. The number of imide groups is 1. The molecule has 0 aromatic carbocycles. The highest BCUT2D eigenvalue weighted by atomic mass is 28.4. The Morgan fingerprint density at radius 2 is 1.65 bits per heavy atom. The van der Waals surface area contributed by atoms with Crippen molar-refractivity contribution >= 4 is 26.1 Å². The number of likely N-dealkylation sites (tertiary alicyclic amines) is 1. The van der Waals surface area contributed by atoms with Crippen LogP contribution in [0.5, 0.6) is 0 Å². The number of ether oxygens (including phenoxy) is 1. The van der Waals surface area contributed by atoms with E-state index in [9.17, 15) is 14.4 Å². The lowest BCUT2D eigenvalue weighted by Gasteiger charge is -2.45. The maximum atomic E-state index is 13.2. The second-order valence-electron chi connectivity index (χ2n) is 10.3. The van der Waals surface area contributed by atoms with Crippen LogP contribution >= 0.6 is 0 Å². The van der Waals surface area contributed by atoms with Crippen molar-refractivity contribution in [2.45, 2.75) is 90.5 Å². The van der Waals surface area contributed by atoms with Gasteiger partial charge in [-0.3, -0.25) is 19.3 Å². The topological polar surface area (TPSA) is 72.9 Å². The van der Waals surface area contributed by atoms with Crippen LogP contribution < -0.4 is 0 Å². The first-order chi connectivity index (χ1) is 14.5. The number of allylic oxidation sites excluding steroid dienone is 1. The summed E-state index contributed by atoms with van der Waals surface area (Å²) in [6.07, 6.45) is 2.03. The molecule has 6 nitrogen and oxygen atoms in total. The van der Waals surface area contributed by atoms with Crippen molar-refractivity contribution < 1.29 is 23.5 Å². The fourth-order valence-electron chi connectivity index (χ4n) is 6.71. The summed E-state index contributed by atoms with van der Waals surface area (Å²) in [6, 6.07) is 0. The Hall–Kier alpha value is -1.47. The fraction of sp³-hybridized carbons (Fsp3) is 0.792. The van der Waals surface area contributed by atoms with Crippen LogP contribution in [0.2, 0.25) is 16.6 Å². The van der Waals surface area contributed by atoms with Crippen LogP contribution in [0.15, 0.2) is 11.1 Å². The minimum Gasteiger partial charge on any atom is -0.466 e. The third-order valence-electron chi connectivity index (χ3n) is 7.91. The molecule has 0 aromatic rings. The molecule has 0 aromatic heterocycles. The highest BCUT2D eigenvalue weighted by Crippen LogP contribution is 2.53. The molecule has 0 unspecified atom stereocenters. The van der Waals surface area contributed by atoms with E-state index < -0.39 is 26.1 Å². The molecule has 3 rings (SSSR count).